The van der Waals surface area contributed by atoms with Gasteiger partial charge < -0.3 is 15.5 Å². The fourth-order valence-electron chi connectivity index (χ4n) is 2.55. The van der Waals surface area contributed by atoms with Crippen molar-refractivity contribution < 1.29 is 32.8 Å². The molecule has 0 saturated carbocycles. The zero-order valence-electron chi connectivity index (χ0n) is 13.9. The first-order valence-corrected chi connectivity index (χ1v) is 9.93. The quantitative estimate of drug-likeness (QED) is 0.190. The van der Waals surface area contributed by atoms with Gasteiger partial charge in [-0.3, -0.25) is 9.35 Å². The Morgan fingerprint density at radius 3 is 2.17 bits per heavy atom. The van der Waals surface area contributed by atoms with Crippen LogP contribution >= 0.6 is 12.6 Å². The van der Waals surface area contributed by atoms with Crippen molar-refractivity contribution in [2.75, 3.05) is 5.75 Å². The molecule has 0 fully saturated rings. The second kappa shape index (κ2) is 10.2. The third-order valence-electron chi connectivity index (χ3n) is 3.83. The van der Waals surface area contributed by atoms with Gasteiger partial charge in [0.15, 0.2) is 6.04 Å². The SMILES string of the molecule is CCC([C@](C)(O)[C@H](NC(=O)CCCCCCS)C(=O)O)S(=O)(=O)O. The van der Waals surface area contributed by atoms with E-state index in [2.05, 4.69) is 17.9 Å². The summed E-state index contributed by atoms with van der Waals surface area (Å²) in [6, 6.07) is -1.85. The van der Waals surface area contributed by atoms with Crippen molar-refractivity contribution in [3.05, 3.63) is 0 Å². The van der Waals surface area contributed by atoms with Gasteiger partial charge in [0.25, 0.3) is 10.1 Å². The van der Waals surface area contributed by atoms with E-state index in [1.165, 1.54) is 6.92 Å². The molecule has 3 atom stereocenters. The van der Waals surface area contributed by atoms with Gasteiger partial charge in [0.1, 0.15) is 10.9 Å². The second-order valence-electron chi connectivity index (χ2n) is 5.86. The van der Waals surface area contributed by atoms with Crippen LogP contribution < -0.4 is 5.32 Å². The fraction of sp³-hybridized carbons (Fsp3) is 0.857. The van der Waals surface area contributed by atoms with E-state index >= 15 is 0 Å². The van der Waals surface area contributed by atoms with Gasteiger partial charge in [-0.15, -0.1) is 0 Å². The van der Waals surface area contributed by atoms with Crippen molar-refractivity contribution >= 4 is 34.6 Å². The van der Waals surface area contributed by atoms with Crippen molar-refractivity contribution in [3.8, 4) is 0 Å². The lowest BCUT2D eigenvalue weighted by Gasteiger charge is -2.35. The number of carboxylic acids is 1. The average Bonchev–Trinajstić information content (AvgIpc) is 2.42. The first-order chi connectivity index (χ1) is 11.0. The van der Waals surface area contributed by atoms with Crippen LogP contribution in [0.15, 0.2) is 0 Å². The number of carbonyl (C=O) groups is 2. The van der Waals surface area contributed by atoms with Crippen LogP contribution in [0.5, 0.6) is 0 Å². The number of amides is 1. The lowest BCUT2D eigenvalue weighted by Crippen LogP contribution is -2.62. The van der Waals surface area contributed by atoms with E-state index in [0.29, 0.717) is 6.42 Å². The Bertz CT molecular complexity index is 519. The van der Waals surface area contributed by atoms with E-state index in [-0.39, 0.29) is 12.8 Å². The first kappa shape index (κ1) is 23.2. The second-order valence-corrected chi connectivity index (χ2v) is 7.91. The van der Waals surface area contributed by atoms with Crippen LogP contribution in [0.4, 0.5) is 0 Å². The summed E-state index contributed by atoms with van der Waals surface area (Å²) in [6.07, 6.45) is 3.00. The summed E-state index contributed by atoms with van der Waals surface area (Å²) in [5.41, 5.74) is -2.37. The molecule has 0 aliphatic heterocycles. The highest BCUT2D eigenvalue weighted by Crippen LogP contribution is 2.24. The highest BCUT2D eigenvalue weighted by Gasteiger charge is 2.49. The maximum atomic E-state index is 11.9. The summed E-state index contributed by atoms with van der Waals surface area (Å²) in [5.74, 6) is -1.42. The Labute approximate surface area is 148 Å². The number of rotatable bonds is 12. The van der Waals surface area contributed by atoms with Crippen LogP contribution in [-0.4, -0.2) is 57.7 Å². The monoisotopic (exact) mass is 385 g/mol. The lowest BCUT2D eigenvalue weighted by atomic mass is 9.90. The molecular formula is C14H27NO7S2. The minimum absolute atomic E-state index is 0.0646. The summed E-state index contributed by atoms with van der Waals surface area (Å²) in [5, 5.41) is 20.1. The molecule has 1 unspecified atom stereocenters. The molecule has 0 aliphatic carbocycles. The minimum Gasteiger partial charge on any atom is -0.480 e. The van der Waals surface area contributed by atoms with Gasteiger partial charge in [0, 0.05) is 6.42 Å². The normalized spacial score (nSPS) is 16.9. The van der Waals surface area contributed by atoms with E-state index in [9.17, 15) is 32.8 Å². The van der Waals surface area contributed by atoms with Gasteiger partial charge in [0.2, 0.25) is 5.91 Å². The van der Waals surface area contributed by atoms with E-state index in [1.54, 1.807) is 0 Å². The first-order valence-electron chi connectivity index (χ1n) is 7.80. The van der Waals surface area contributed by atoms with Crippen LogP contribution in [0.3, 0.4) is 0 Å². The lowest BCUT2D eigenvalue weighted by molar-refractivity contribution is -0.149. The molecule has 0 aliphatic rings. The highest BCUT2D eigenvalue weighted by atomic mass is 32.2. The van der Waals surface area contributed by atoms with Crippen LogP contribution in [0, 0.1) is 0 Å². The van der Waals surface area contributed by atoms with E-state index in [1.807, 2.05) is 0 Å². The van der Waals surface area contributed by atoms with Crippen molar-refractivity contribution in [1.29, 1.82) is 0 Å². The number of unbranched alkanes of at least 4 members (excludes halogenated alkanes) is 3. The maximum Gasteiger partial charge on any atom is 0.329 e. The Hall–Kier alpha value is -0.840. The molecule has 0 saturated heterocycles. The molecule has 10 heteroatoms. The predicted octanol–water partition coefficient (Wildman–Crippen LogP) is 0.854. The maximum absolute atomic E-state index is 11.9. The van der Waals surface area contributed by atoms with Crippen molar-refractivity contribution in [3.63, 3.8) is 0 Å². The molecule has 0 aromatic heterocycles. The van der Waals surface area contributed by atoms with Gasteiger partial charge >= 0.3 is 5.97 Å². The van der Waals surface area contributed by atoms with Gasteiger partial charge in [-0.1, -0.05) is 19.8 Å². The number of carboxylic acid groups (broad SMARTS) is 1. The topological polar surface area (TPSA) is 141 Å². The summed E-state index contributed by atoms with van der Waals surface area (Å²) in [7, 11) is -4.69. The number of nitrogens with one attached hydrogen (secondary N) is 1. The van der Waals surface area contributed by atoms with Crippen LogP contribution in [-0.2, 0) is 19.7 Å². The van der Waals surface area contributed by atoms with Crippen molar-refractivity contribution in [1.82, 2.24) is 5.32 Å². The number of aliphatic hydroxyl groups is 1. The molecule has 142 valence electrons. The number of hydrogen-bond acceptors (Lipinski definition) is 6. The van der Waals surface area contributed by atoms with E-state index in [4.69, 9.17) is 0 Å². The third kappa shape index (κ3) is 7.37. The van der Waals surface area contributed by atoms with Gasteiger partial charge in [-0.05, 0) is 31.9 Å². The number of aliphatic carboxylic acids is 1. The molecule has 8 nitrogen and oxygen atoms in total. The summed E-state index contributed by atoms with van der Waals surface area (Å²) in [4.78, 5) is 23.3. The highest BCUT2D eigenvalue weighted by molar-refractivity contribution is 7.86. The van der Waals surface area contributed by atoms with Gasteiger partial charge in [-0.2, -0.15) is 21.0 Å². The average molecular weight is 386 g/mol. The van der Waals surface area contributed by atoms with Crippen LogP contribution in [0.2, 0.25) is 0 Å². The Balaban J connectivity index is 4.96. The molecular weight excluding hydrogens is 358 g/mol. The van der Waals surface area contributed by atoms with Crippen molar-refractivity contribution in [2.24, 2.45) is 0 Å². The molecule has 24 heavy (non-hydrogen) atoms. The number of carbonyl (C=O) groups excluding carboxylic acids is 1. The Morgan fingerprint density at radius 2 is 1.75 bits per heavy atom. The molecule has 0 rings (SSSR count). The molecule has 1 amide bonds. The molecule has 0 heterocycles. The van der Waals surface area contributed by atoms with Crippen LogP contribution in [0.25, 0.3) is 0 Å². The molecule has 0 spiro atoms. The van der Waals surface area contributed by atoms with Crippen molar-refractivity contribution in [2.45, 2.75) is 69.3 Å². The largest absolute Gasteiger partial charge is 0.480 e. The zero-order chi connectivity index (χ0) is 19.0. The standard InChI is InChI=1S/C14H27NO7S2/c1-3-10(24(20,21)22)14(2,19)12(13(17)18)15-11(16)8-6-4-5-7-9-23/h10,12,19,23H,3-9H2,1-2H3,(H,15,16)(H,17,18)(H,20,21,22)/t10?,12-,14+/m1/s1. The molecule has 0 radical (unpaired) electrons. The van der Waals surface area contributed by atoms with Crippen LogP contribution in [0.1, 0.15) is 52.4 Å². The summed E-state index contributed by atoms with van der Waals surface area (Å²) in [6.45, 7) is 2.36. The Morgan fingerprint density at radius 1 is 1.21 bits per heavy atom. The molecule has 0 aromatic carbocycles. The smallest absolute Gasteiger partial charge is 0.329 e. The van der Waals surface area contributed by atoms with E-state index in [0.717, 1.165) is 31.9 Å². The number of thiol groups is 1. The third-order valence-corrected chi connectivity index (χ3v) is 5.68. The van der Waals surface area contributed by atoms with Gasteiger partial charge in [0.05, 0.1) is 0 Å². The number of hydrogen-bond donors (Lipinski definition) is 5. The molecule has 0 aromatic rings. The summed E-state index contributed by atoms with van der Waals surface area (Å²) >= 11 is 4.07. The Kier molecular flexibility index (Phi) is 9.86. The molecule has 0 bridgehead atoms. The molecule has 4 N–H and O–H groups in total. The predicted molar refractivity (Wildman–Crippen MR) is 92.8 cm³/mol. The minimum atomic E-state index is -4.69. The zero-order valence-corrected chi connectivity index (χ0v) is 15.6. The summed E-state index contributed by atoms with van der Waals surface area (Å²) < 4.78 is 32.0. The fourth-order valence-corrected chi connectivity index (χ4v) is 3.94. The van der Waals surface area contributed by atoms with E-state index < -0.39 is 38.9 Å². The van der Waals surface area contributed by atoms with Gasteiger partial charge in [-0.25, -0.2) is 4.79 Å².